The Balaban J connectivity index is 1.42. The molecule has 2 aliphatic heterocycles. The van der Waals surface area contributed by atoms with Crippen LogP contribution in [0, 0.1) is 6.92 Å². The van der Waals surface area contributed by atoms with Crippen molar-refractivity contribution in [2.75, 3.05) is 38.7 Å². The zero-order chi connectivity index (χ0) is 21.8. The number of benzene rings is 2. The zero-order valence-corrected chi connectivity index (χ0v) is 17.9. The van der Waals surface area contributed by atoms with Crippen molar-refractivity contribution in [1.82, 2.24) is 4.90 Å². The number of likely N-dealkylation sites (tertiary alicyclic amines) is 1. The molecule has 0 aliphatic carbocycles. The van der Waals surface area contributed by atoms with Crippen LogP contribution in [-0.4, -0.2) is 56.2 Å². The van der Waals surface area contributed by atoms with E-state index >= 15 is 0 Å². The van der Waals surface area contributed by atoms with E-state index in [-0.39, 0.29) is 30.4 Å². The minimum Gasteiger partial charge on any atom is -0.493 e. The van der Waals surface area contributed by atoms with Crippen LogP contribution < -0.4 is 14.8 Å². The monoisotopic (exact) mass is 424 g/mol. The van der Waals surface area contributed by atoms with Crippen LogP contribution >= 0.6 is 0 Å². The van der Waals surface area contributed by atoms with Crippen molar-refractivity contribution >= 4 is 17.5 Å². The molecule has 7 nitrogen and oxygen atoms in total. The van der Waals surface area contributed by atoms with E-state index in [0.29, 0.717) is 37.7 Å². The molecule has 31 heavy (non-hydrogen) atoms. The Kier molecular flexibility index (Phi) is 6.42. The molecule has 0 radical (unpaired) electrons. The van der Waals surface area contributed by atoms with Gasteiger partial charge in [-0.1, -0.05) is 24.3 Å². The van der Waals surface area contributed by atoms with Gasteiger partial charge in [-0.2, -0.15) is 0 Å². The summed E-state index contributed by atoms with van der Waals surface area (Å²) < 4.78 is 16.9. The van der Waals surface area contributed by atoms with E-state index in [0.717, 1.165) is 23.2 Å². The van der Waals surface area contributed by atoms with Gasteiger partial charge in [0.25, 0.3) is 0 Å². The molecule has 2 aliphatic rings. The van der Waals surface area contributed by atoms with Crippen molar-refractivity contribution in [2.45, 2.75) is 31.8 Å². The number of carbonyl (C=O) groups excluding carboxylic acids is 2. The van der Waals surface area contributed by atoms with Gasteiger partial charge in [-0.3, -0.25) is 9.59 Å². The summed E-state index contributed by atoms with van der Waals surface area (Å²) in [5.41, 5.74) is 2.63. The van der Waals surface area contributed by atoms with E-state index in [1.54, 1.807) is 12.0 Å². The van der Waals surface area contributed by atoms with Gasteiger partial charge >= 0.3 is 0 Å². The third-order valence-corrected chi connectivity index (χ3v) is 5.82. The van der Waals surface area contributed by atoms with Crippen LogP contribution in [0.15, 0.2) is 42.5 Å². The second kappa shape index (κ2) is 9.39. The number of para-hydroxylation sites is 1. The van der Waals surface area contributed by atoms with Gasteiger partial charge in [-0.15, -0.1) is 0 Å². The first-order valence-corrected chi connectivity index (χ1v) is 10.6. The standard InChI is InChI=1S/C24H28N2O5/c1-16-5-3-4-6-20(16)25-23(27)14-26-11-9-19(24(26)28)17-7-8-21(29-2)22(13-17)31-18-10-12-30-15-18/h3-8,13,18-19H,9-12,14-15H2,1-2H3,(H,25,27)/t18-,19+/m1/s1. The summed E-state index contributed by atoms with van der Waals surface area (Å²) in [7, 11) is 1.60. The van der Waals surface area contributed by atoms with Crippen LogP contribution in [-0.2, 0) is 14.3 Å². The number of rotatable bonds is 7. The second-order valence-electron chi connectivity index (χ2n) is 7.98. The minimum atomic E-state index is -0.292. The number of methoxy groups -OCH3 is 1. The topological polar surface area (TPSA) is 77.1 Å². The molecule has 164 valence electrons. The Morgan fingerprint density at radius 2 is 2.03 bits per heavy atom. The Bertz CT molecular complexity index is 955. The Hall–Kier alpha value is -3.06. The fourth-order valence-electron chi connectivity index (χ4n) is 4.07. The van der Waals surface area contributed by atoms with Crippen molar-refractivity contribution in [2.24, 2.45) is 0 Å². The van der Waals surface area contributed by atoms with Gasteiger partial charge in [0.2, 0.25) is 11.8 Å². The lowest BCUT2D eigenvalue weighted by molar-refractivity contribution is -0.132. The number of amides is 2. The summed E-state index contributed by atoms with van der Waals surface area (Å²) in [5, 5.41) is 2.90. The van der Waals surface area contributed by atoms with Crippen LogP contribution in [0.2, 0.25) is 0 Å². The van der Waals surface area contributed by atoms with Gasteiger partial charge in [-0.05, 0) is 42.7 Å². The molecule has 2 heterocycles. The number of hydrogen-bond donors (Lipinski definition) is 1. The summed E-state index contributed by atoms with van der Waals surface area (Å²) >= 11 is 0. The average Bonchev–Trinajstić information content (AvgIpc) is 3.40. The first-order valence-electron chi connectivity index (χ1n) is 10.6. The molecule has 2 aromatic carbocycles. The van der Waals surface area contributed by atoms with Crippen molar-refractivity contribution < 1.29 is 23.8 Å². The van der Waals surface area contributed by atoms with E-state index in [1.165, 1.54) is 0 Å². The molecule has 7 heteroatoms. The smallest absolute Gasteiger partial charge is 0.244 e. The Morgan fingerprint density at radius 1 is 1.19 bits per heavy atom. The Morgan fingerprint density at radius 3 is 2.77 bits per heavy atom. The predicted octanol–water partition coefficient (Wildman–Crippen LogP) is 3.13. The summed E-state index contributed by atoms with van der Waals surface area (Å²) in [4.78, 5) is 27.1. The second-order valence-corrected chi connectivity index (χ2v) is 7.98. The lowest BCUT2D eigenvalue weighted by Gasteiger charge is -2.19. The number of aryl methyl sites for hydroxylation is 1. The molecule has 2 saturated heterocycles. The van der Waals surface area contributed by atoms with Gasteiger partial charge in [0.05, 0.1) is 32.8 Å². The van der Waals surface area contributed by atoms with E-state index in [1.807, 2.05) is 49.4 Å². The maximum absolute atomic E-state index is 13.0. The lowest BCUT2D eigenvalue weighted by atomic mass is 9.97. The minimum absolute atomic E-state index is 0.00920. The SMILES string of the molecule is COc1ccc([C@@H]2CCN(CC(=O)Nc3ccccc3C)C2=O)cc1O[C@@H]1CCOC1. The summed E-state index contributed by atoms with van der Waals surface area (Å²) in [5.74, 6) is 0.734. The molecule has 0 unspecified atom stereocenters. The molecule has 1 N–H and O–H groups in total. The highest BCUT2D eigenvalue weighted by molar-refractivity contribution is 5.96. The highest BCUT2D eigenvalue weighted by Gasteiger charge is 2.34. The van der Waals surface area contributed by atoms with Crippen LogP contribution in [0.25, 0.3) is 0 Å². The highest BCUT2D eigenvalue weighted by atomic mass is 16.6. The van der Waals surface area contributed by atoms with Gasteiger partial charge in [-0.25, -0.2) is 0 Å². The molecule has 0 spiro atoms. The van der Waals surface area contributed by atoms with E-state index in [2.05, 4.69) is 5.32 Å². The lowest BCUT2D eigenvalue weighted by Crippen LogP contribution is -2.35. The van der Waals surface area contributed by atoms with Gasteiger partial charge in [0.15, 0.2) is 11.5 Å². The fourth-order valence-corrected chi connectivity index (χ4v) is 4.07. The van der Waals surface area contributed by atoms with Crippen LogP contribution in [0.1, 0.15) is 29.9 Å². The van der Waals surface area contributed by atoms with Crippen molar-refractivity contribution in [1.29, 1.82) is 0 Å². The third-order valence-electron chi connectivity index (χ3n) is 5.82. The van der Waals surface area contributed by atoms with Crippen LogP contribution in [0.5, 0.6) is 11.5 Å². The normalized spacial score (nSPS) is 20.7. The zero-order valence-electron chi connectivity index (χ0n) is 17.9. The molecule has 0 aromatic heterocycles. The molecule has 0 bridgehead atoms. The predicted molar refractivity (Wildman–Crippen MR) is 117 cm³/mol. The summed E-state index contributed by atoms with van der Waals surface area (Å²) in [6.07, 6.45) is 1.49. The van der Waals surface area contributed by atoms with Crippen LogP contribution in [0.4, 0.5) is 5.69 Å². The Labute approximate surface area is 182 Å². The maximum Gasteiger partial charge on any atom is 0.244 e. The molecular weight excluding hydrogens is 396 g/mol. The number of anilines is 1. The van der Waals surface area contributed by atoms with Crippen molar-refractivity contribution in [3.05, 3.63) is 53.6 Å². The van der Waals surface area contributed by atoms with Gasteiger partial charge in [0.1, 0.15) is 6.10 Å². The highest BCUT2D eigenvalue weighted by Crippen LogP contribution is 2.36. The largest absolute Gasteiger partial charge is 0.493 e. The van der Waals surface area contributed by atoms with Gasteiger partial charge in [0, 0.05) is 18.7 Å². The van der Waals surface area contributed by atoms with Gasteiger partial charge < -0.3 is 24.4 Å². The summed E-state index contributed by atoms with van der Waals surface area (Å²) in [6, 6.07) is 13.2. The van der Waals surface area contributed by atoms with Crippen molar-refractivity contribution in [3.63, 3.8) is 0 Å². The third kappa shape index (κ3) is 4.82. The number of nitrogens with zero attached hydrogens (tertiary/aromatic N) is 1. The molecule has 4 rings (SSSR count). The fraction of sp³-hybridized carbons (Fsp3) is 0.417. The maximum atomic E-state index is 13.0. The molecule has 2 fully saturated rings. The molecule has 2 amide bonds. The van der Waals surface area contributed by atoms with E-state index in [4.69, 9.17) is 14.2 Å². The number of nitrogens with one attached hydrogen (secondary N) is 1. The average molecular weight is 424 g/mol. The molecular formula is C24H28N2O5. The molecule has 0 saturated carbocycles. The molecule has 2 aromatic rings. The quantitative estimate of drug-likeness (QED) is 0.739. The number of ether oxygens (including phenoxy) is 3. The first kappa shape index (κ1) is 21.2. The summed E-state index contributed by atoms with van der Waals surface area (Å²) in [6.45, 7) is 3.77. The van der Waals surface area contributed by atoms with E-state index < -0.39 is 0 Å². The van der Waals surface area contributed by atoms with Crippen molar-refractivity contribution in [3.8, 4) is 11.5 Å². The number of carbonyl (C=O) groups is 2. The first-order chi connectivity index (χ1) is 15.0. The van der Waals surface area contributed by atoms with E-state index in [9.17, 15) is 9.59 Å². The number of hydrogen-bond acceptors (Lipinski definition) is 5. The molecule has 2 atom stereocenters. The van der Waals surface area contributed by atoms with Crippen LogP contribution in [0.3, 0.4) is 0 Å².